The lowest BCUT2D eigenvalue weighted by Gasteiger charge is -2.57. The van der Waals surface area contributed by atoms with Crippen molar-refractivity contribution in [2.75, 3.05) is 18.3 Å². The first-order valence-electron chi connectivity index (χ1n) is 17.5. The van der Waals surface area contributed by atoms with E-state index in [9.17, 15) is 0 Å². The molecule has 0 unspecified atom stereocenters. The molecule has 4 aromatic heterocycles. The molecule has 0 saturated carbocycles. The second-order valence-corrected chi connectivity index (χ2v) is 15.8. The number of aromatic nitrogens is 4. The molecule has 0 N–H and O–H groups in total. The molecule has 0 bridgehead atoms. The molecule has 8 nitrogen and oxygen atoms in total. The van der Waals surface area contributed by atoms with Gasteiger partial charge < -0.3 is 18.3 Å². The lowest BCUT2D eigenvalue weighted by Crippen LogP contribution is -2.81. The second-order valence-electron chi connectivity index (χ2n) is 12.8. The molecule has 252 valence electrons. The topological polar surface area (TPSA) is 64.5 Å². The van der Waals surface area contributed by atoms with Crippen LogP contribution in [0.4, 0.5) is 45.5 Å². The number of nitrogens with zero attached hydrogens (tertiary/aromatic N) is 8. The van der Waals surface area contributed by atoms with Crippen LogP contribution in [0.3, 0.4) is 0 Å². The van der Waals surface area contributed by atoms with E-state index in [1.807, 2.05) is 49.6 Å². The Kier molecular flexibility index (Phi) is 7.29. The maximum Gasteiger partial charge on any atom is 0.521 e. The molecule has 10 rings (SSSR count). The largest absolute Gasteiger partial charge is 0.521 e. The number of rotatable bonds is 4. The molecule has 0 amide bonds. The number of pyridine rings is 4. The Labute approximate surface area is 308 Å². The zero-order chi connectivity index (χ0) is 35.2. The Balaban J connectivity index is 1.52. The van der Waals surface area contributed by atoms with Crippen LogP contribution in [0.5, 0.6) is 0 Å². The Bertz CT molecular complexity index is 2190. The highest BCUT2D eigenvalue weighted by Gasteiger charge is 2.65. The fourth-order valence-corrected chi connectivity index (χ4v) is 13.3. The van der Waals surface area contributed by atoms with Crippen molar-refractivity contribution in [3.05, 3.63) is 195 Å². The van der Waals surface area contributed by atoms with Crippen LogP contribution in [-0.2, 0) is 0 Å². The Morgan fingerprint density at radius 1 is 0.264 bits per heavy atom. The first-order chi connectivity index (χ1) is 26.4. The van der Waals surface area contributed by atoms with E-state index in [0.29, 0.717) is 0 Å². The highest BCUT2D eigenvalue weighted by molar-refractivity contribution is 6.97. The minimum Gasteiger partial charge on any atom is -0.315 e. The molecule has 6 heterocycles. The average Bonchev–Trinajstić information content (AvgIpc) is 3.41. The molecular formula is C44H32N8Si. The van der Waals surface area contributed by atoms with E-state index in [-0.39, 0.29) is 0 Å². The van der Waals surface area contributed by atoms with Gasteiger partial charge in [-0.3, -0.25) is 19.9 Å². The van der Waals surface area contributed by atoms with Crippen LogP contribution < -0.4 is 18.3 Å². The van der Waals surface area contributed by atoms with Crippen LogP contribution >= 0.6 is 0 Å². The predicted octanol–water partition coefficient (Wildman–Crippen LogP) is 10.3. The zero-order valence-electron chi connectivity index (χ0n) is 28.6. The van der Waals surface area contributed by atoms with Crippen molar-refractivity contribution in [2.24, 2.45) is 0 Å². The molecule has 0 saturated heterocycles. The van der Waals surface area contributed by atoms with E-state index in [1.54, 1.807) is 0 Å². The molecular weight excluding hydrogens is 669 g/mol. The van der Waals surface area contributed by atoms with Crippen LogP contribution in [0.15, 0.2) is 195 Å². The van der Waals surface area contributed by atoms with E-state index in [0.717, 1.165) is 67.8 Å². The molecule has 53 heavy (non-hydrogen) atoms. The first kappa shape index (κ1) is 30.7. The SMILES string of the molecule is c1ccc2c(c1)-c1ccccc1N(c1ccncc1)[Si]1(N2c2ccncc2)N(c2ccncc2)c2ccccc2-c2ccccc2N1c1ccncc1. The van der Waals surface area contributed by atoms with Gasteiger partial charge in [-0.25, -0.2) is 0 Å². The van der Waals surface area contributed by atoms with Crippen molar-refractivity contribution in [3.63, 3.8) is 0 Å². The molecule has 0 radical (unpaired) electrons. The molecule has 1 spiro atoms. The molecule has 0 atom stereocenters. The van der Waals surface area contributed by atoms with E-state index in [4.69, 9.17) is 0 Å². The minimum atomic E-state index is -3.93. The number of hydrogen-bond donors (Lipinski definition) is 0. The van der Waals surface area contributed by atoms with Gasteiger partial charge >= 0.3 is 8.72 Å². The summed E-state index contributed by atoms with van der Waals surface area (Å²) >= 11 is 0. The summed E-state index contributed by atoms with van der Waals surface area (Å²) in [4.78, 5) is 18.2. The third kappa shape index (κ3) is 4.68. The molecule has 9 heteroatoms. The van der Waals surface area contributed by atoms with Gasteiger partial charge in [0.05, 0.1) is 0 Å². The summed E-state index contributed by atoms with van der Waals surface area (Å²) in [6.07, 6.45) is 15.1. The number of anilines is 8. The quantitative estimate of drug-likeness (QED) is 0.168. The van der Waals surface area contributed by atoms with Gasteiger partial charge in [-0.15, -0.1) is 0 Å². The zero-order valence-corrected chi connectivity index (χ0v) is 29.6. The van der Waals surface area contributed by atoms with Crippen LogP contribution in [0.1, 0.15) is 0 Å². The van der Waals surface area contributed by atoms with E-state index < -0.39 is 8.72 Å². The standard InChI is InChI=1S/C44H32N8Si/c1-5-13-41-37(9-1)38-10-2-6-14-42(38)50(34-19-27-46-28-20-34)53(49(41)33-17-25-45-26-18-33)51(35-21-29-47-30-22-35)43-15-7-3-11-39(43)40-12-4-8-16-44(40)52(53)36-23-31-48-32-24-36/h1-32H. The fraction of sp³-hybridized carbons (Fsp3) is 0. The van der Waals surface area contributed by atoms with Gasteiger partial charge in [0.25, 0.3) is 0 Å². The van der Waals surface area contributed by atoms with Crippen molar-refractivity contribution in [3.8, 4) is 22.3 Å². The fourth-order valence-electron chi connectivity index (χ4n) is 8.05. The van der Waals surface area contributed by atoms with Crippen molar-refractivity contribution in [1.29, 1.82) is 0 Å². The normalized spacial score (nSPS) is 14.0. The summed E-state index contributed by atoms with van der Waals surface area (Å²) in [7, 11) is -3.93. The Hall–Kier alpha value is -7.10. The summed E-state index contributed by atoms with van der Waals surface area (Å²) in [5.74, 6) is 0. The van der Waals surface area contributed by atoms with Gasteiger partial charge in [-0.2, -0.15) is 0 Å². The average molecular weight is 701 g/mol. The van der Waals surface area contributed by atoms with Gasteiger partial charge in [0, 0.05) is 117 Å². The molecule has 8 aromatic rings. The molecule has 0 aliphatic carbocycles. The third-order valence-corrected chi connectivity index (χ3v) is 14.4. The van der Waals surface area contributed by atoms with E-state index in [1.165, 1.54) is 0 Å². The van der Waals surface area contributed by atoms with Crippen molar-refractivity contribution < 1.29 is 0 Å². The summed E-state index contributed by atoms with van der Waals surface area (Å²) < 4.78 is 10.4. The van der Waals surface area contributed by atoms with Crippen LogP contribution in [-0.4, -0.2) is 28.7 Å². The number of para-hydroxylation sites is 4. The highest BCUT2D eigenvalue weighted by atomic mass is 28.4. The number of fused-ring (bicyclic) bond motifs is 6. The highest BCUT2D eigenvalue weighted by Crippen LogP contribution is 2.59. The monoisotopic (exact) mass is 700 g/mol. The molecule has 4 aromatic carbocycles. The van der Waals surface area contributed by atoms with Crippen molar-refractivity contribution in [2.45, 2.75) is 0 Å². The van der Waals surface area contributed by atoms with Gasteiger partial charge in [-0.05, 0) is 72.8 Å². The number of hydrogen-bond acceptors (Lipinski definition) is 8. The number of benzene rings is 4. The van der Waals surface area contributed by atoms with Crippen LogP contribution in [0.2, 0.25) is 0 Å². The Morgan fingerprint density at radius 2 is 0.472 bits per heavy atom. The van der Waals surface area contributed by atoms with E-state index in [2.05, 4.69) is 184 Å². The minimum absolute atomic E-state index is 1.00. The maximum atomic E-state index is 4.54. The molecule has 2 aliphatic rings. The molecule has 0 fully saturated rings. The van der Waals surface area contributed by atoms with Crippen LogP contribution in [0, 0.1) is 0 Å². The van der Waals surface area contributed by atoms with Gasteiger partial charge in [0.1, 0.15) is 0 Å². The van der Waals surface area contributed by atoms with E-state index >= 15 is 0 Å². The predicted molar refractivity (Wildman–Crippen MR) is 215 cm³/mol. The smallest absolute Gasteiger partial charge is 0.315 e. The Morgan fingerprint density at radius 3 is 0.698 bits per heavy atom. The summed E-state index contributed by atoms with van der Waals surface area (Å²) in [5.41, 5.74) is 12.8. The van der Waals surface area contributed by atoms with Gasteiger partial charge in [-0.1, -0.05) is 72.8 Å². The lowest BCUT2D eigenvalue weighted by atomic mass is 10.0. The third-order valence-electron chi connectivity index (χ3n) is 10.0. The summed E-state index contributed by atoms with van der Waals surface area (Å²) in [6.45, 7) is 0. The van der Waals surface area contributed by atoms with Crippen LogP contribution in [0.25, 0.3) is 22.3 Å². The summed E-state index contributed by atoms with van der Waals surface area (Å²) in [6, 6.07) is 52.2. The second kappa shape index (κ2) is 12.6. The van der Waals surface area contributed by atoms with Gasteiger partial charge in [0.2, 0.25) is 0 Å². The maximum absolute atomic E-state index is 4.54. The lowest BCUT2D eigenvalue weighted by molar-refractivity contribution is 1.09. The summed E-state index contributed by atoms with van der Waals surface area (Å²) in [5, 5.41) is 0. The molecule has 2 aliphatic heterocycles. The van der Waals surface area contributed by atoms with Crippen molar-refractivity contribution >= 4 is 54.2 Å². The first-order valence-corrected chi connectivity index (χ1v) is 19.3. The van der Waals surface area contributed by atoms with Crippen molar-refractivity contribution in [1.82, 2.24) is 19.9 Å². The van der Waals surface area contributed by atoms with Gasteiger partial charge in [0.15, 0.2) is 0 Å².